The summed E-state index contributed by atoms with van der Waals surface area (Å²) in [6.45, 7) is 2.98. The van der Waals surface area contributed by atoms with Gasteiger partial charge < -0.3 is 10.2 Å². The van der Waals surface area contributed by atoms with Gasteiger partial charge in [-0.25, -0.2) is 0 Å². The molecule has 19 heavy (non-hydrogen) atoms. The Morgan fingerprint density at radius 3 is 2.47 bits per heavy atom. The first kappa shape index (κ1) is 15.5. The Morgan fingerprint density at radius 2 is 1.95 bits per heavy atom. The first-order valence-electron chi connectivity index (χ1n) is 7.00. The zero-order valence-electron chi connectivity index (χ0n) is 11.4. The summed E-state index contributed by atoms with van der Waals surface area (Å²) in [5, 5.41) is 20.5. The van der Waals surface area contributed by atoms with Crippen LogP contribution in [0.2, 0.25) is 0 Å². The van der Waals surface area contributed by atoms with Gasteiger partial charge in [-0.3, -0.25) is 4.79 Å². The van der Waals surface area contributed by atoms with Crippen LogP contribution in [-0.4, -0.2) is 37.0 Å². The highest BCUT2D eigenvalue weighted by molar-refractivity contribution is 5.76. The molecule has 0 spiro atoms. The summed E-state index contributed by atoms with van der Waals surface area (Å²) >= 11 is 0. The van der Waals surface area contributed by atoms with Crippen molar-refractivity contribution in [2.75, 3.05) is 26.2 Å². The Kier molecular flexibility index (Phi) is 7.62. The molecule has 1 saturated heterocycles. The fraction of sp³-hybridized carbons (Fsp3) is 0.786. The second-order valence-electron chi connectivity index (χ2n) is 4.95. The minimum atomic E-state index is 0.0797. The number of carbonyl (C=O) groups is 1. The average molecular weight is 262 g/mol. The van der Waals surface area contributed by atoms with Crippen molar-refractivity contribution < 1.29 is 4.79 Å². The normalized spacial score (nSPS) is 18.3. The fourth-order valence-corrected chi connectivity index (χ4v) is 2.39. The van der Waals surface area contributed by atoms with Crippen LogP contribution < -0.4 is 5.32 Å². The van der Waals surface area contributed by atoms with E-state index in [1.165, 1.54) is 12.8 Å². The second kappa shape index (κ2) is 9.35. The quantitative estimate of drug-likeness (QED) is 0.752. The van der Waals surface area contributed by atoms with Crippen molar-refractivity contribution in [2.24, 2.45) is 5.92 Å². The van der Waals surface area contributed by atoms with Crippen molar-refractivity contribution in [2.45, 2.75) is 38.5 Å². The zero-order chi connectivity index (χ0) is 13.9. The molecule has 1 aliphatic rings. The molecule has 5 nitrogen and oxygen atoms in total. The Morgan fingerprint density at radius 1 is 1.26 bits per heavy atom. The molecule has 0 bridgehead atoms. The molecule has 0 aromatic rings. The number of carbonyl (C=O) groups excluding carboxylic acids is 1. The van der Waals surface area contributed by atoms with Crippen molar-refractivity contribution in [3.63, 3.8) is 0 Å². The lowest BCUT2D eigenvalue weighted by Gasteiger charge is -2.25. The highest BCUT2D eigenvalue weighted by atomic mass is 16.2. The average Bonchev–Trinajstić information content (AvgIpc) is 2.46. The van der Waals surface area contributed by atoms with Crippen molar-refractivity contribution >= 4 is 5.91 Å². The Bertz CT molecular complexity index is 331. The van der Waals surface area contributed by atoms with E-state index in [2.05, 4.69) is 5.32 Å². The Labute approximate surface area is 115 Å². The van der Waals surface area contributed by atoms with Crippen LogP contribution in [0.5, 0.6) is 0 Å². The molecule has 1 N–H and O–H groups in total. The largest absolute Gasteiger partial charge is 0.341 e. The highest BCUT2D eigenvalue weighted by Crippen LogP contribution is 2.16. The van der Waals surface area contributed by atoms with Gasteiger partial charge in [0, 0.05) is 19.5 Å². The van der Waals surface area contributed by atoms with Gasteiger partial charge in [0.05, 0.1) is 25.0 Å². The van der Waals surface area contributed by atoms with E-state index in [9.17, 15) is 4.79 Å². The maximum absolute atomic E-state index is 12.1. The molecule has 0 aromatic carbocycles. The molecule has 1 unspecified atom stereocenters. The number of hydrogen-bond acceptors (Lipinski definition) is 4. The summed E-state index contributed by atoms with van der Waals surface area (Å²) < 4.78 is 0. The number of piperidine rings is 1. The summed E-state index contributed by atoms with van der Waals surface area (Å²) in [4.78, 5) is 13.7. The van der Waals surface area contributed by atoms with Gasteiger partial charge in [0.1, 0.15) is 0 Å². The summed E-state index contributed by atoms with van der Waals surface area (Å²) in [6, 6.07) is 4.10. The first-order chi connectivity index (χ1) is 9.27. The molecule has 1 aliphatic heterocycles. The minimum absolute atomic E-state index is 0.0797. The van der Waals surface area contributed by atoms with Crippen LogP contribution >= 0.6 is 0 Å². The van der Waals surface area contributed by atoms with Gasteiger partial charge in [0.15, 0.2) is 0 Å². The Hall–Kier alpha value is -1.59. The predicted octanol–water partition coefficient (Wildman–Crippen LogP) is 1.42. The molecular weight excluding hydrogens is 240 g/mol. The van der Waals surface area contributed by atoms with E-state index in [0.29, 0.717) is 38.3 Å². The van der Waals surface area contributed by atoms with E-state index in [-0.39, 0.29) is 5.91 Å². The lowest BCUT2D eigenvalue weighted by Crippen LogP contribution is -2.34. The maximum Gasteiger partial charge on any atom is 0.222 e. The number of hydrogen-bond donors (Lipinski definition) is 1. The monoisotopic (exact) mass is 262 g/mol. The number of rotatable bonds is 7. The van der Waals surface area contributed by atoms with E-state index >= 15 is 0 Å². The van der Waals surface area contributed by atoms with Crippen molar-refractivity contribution in [3.05, 3.63) is 0 Å². The summed E-state index contributed by atoms with van der Waals surface area (Å²) in [6.07, 6.45) is 4.48. The van der Waals surface area contributed by atoms with Crippen LogP contribution in [0.1, 0.15) is 38.5 Å². The molecule has 104 valence electrons. The van der Waals surface area contributed by atoms with Gasteiger partial charge >= 0.3 is 0 Å². The van der Waals surface area contributed by atoms with E-state index < -0.39 is 0 Å². The lowest BCUT2D eigenvalue weighted by atomic mass is 9.94. The molecule has 5 heteroatoms. The molecule has 1 rings (SSSR count). The third-order valence-electron chi connectivity index (χ3n) is 3.51. The van der Waals surface area contributed by atoms with E-state index in [1.807, 2.05) is 12.1 Å². The van der Waals surface area contributed by atoms with Gasteiger partial charge in [-0.15, -0.1) is 0 Å². The van der Waals surface area contributed by atoms with Gasteiger partial charge in [-0.05, 0) is 38.3 Å². The molecule has 1 fully saturated rings. The van der Waals surface area contributed by atoms with Crippen LogP contribution in [0.3, 0.4) is 0 Å². The molecule has 0 saturated carbocycles. The maximum atomic E-state index is 12.1. The zero-order valence-corrected chi connectivity index (χ0v) is 11.4. The van der Waals surface area contributed by atoms with Crippen molar-refractivity contribution in [1.29, 1.82) is 10.5 Å². The number of nitriles is 2. The SMILES string of the molecule is N#CCCN(CCC#N)C(=O)CCC1CCCNC1. The van der Waals surface area contributed by atoms with E-state index in [0.717, 1.165) is 19.5 Å². The smallest absolute Gasteiger partial charge is 0.222 e. The topological polar surface area (TPSA) is 79.9 Å². The standard InChI is InChI=1S/C14H22N4O/c15-7-2-10-18(11-3-8-16)14(19)6-5-13-4-1-9-17-12-13/h13,17H,1-6,9-12H2. The second-order valence-corrected chi connectivity index (χ2v) is 4.95. The number of amides is 1. The molecule has 0 aromatic heterocycles. The third-order valence-corrected chi connectivity index (χ3v) is 3.51. The van der Waals surface area contributed by atoms with Crippen molar-refractivity contribution in [3.8, 4) is 12.1 Å². The molecule has 0 aliphatic carbocycles. The molecule has 0 radical (unpaired) electrons. The highest BCUT2D eigenvalue weighted by Gasteiger charge is 2.17. The molecular formula is C14H22N4O. The van der Waals surface area contributed by atoms with E-state index in [4.69, 9.17) is 10.5 Å². The Balaban J connectivity index is 2.33. The van der Waals surface area contributed by atoms with Gasteiger partial charge in [-0.2, -0.15) is 10.5 Å². The minimum Gasteiger partial charge on any atom is -0.341 e. The first-order valence-corrected chi connectivity index (χ1v) is 7.00. The van der Waals surface area contributed by atoms with Gasteiger partial charge in [0.2, 0.25) is 5.91 Å². The lowest BCUT2D eigenvalue weighted by molar-refractivity contribution is -0.131. The molecule has 1 heterocycles. The summed E-state index contributed by atoms with van der Waals surface area (Å²) in [7, 11) is 0. The fourth-order valence-electron chi connectivity index (χ4n) is 2.39. The summed E-state index contributed by atoms with van der Waals surface area (Å²) in [5.41, 5.74) is 0. The number of nitrogens with one attached hydrogen (secondary N) is 1. The summed E-state index contributed by atoms with van der Waals surface area (Å²) in [5.74, 6) is 0.669. The van der Waals surface area contributed by atoms with E-state index in [1.54, 1.807) is 4.90 Å². The number of nitrogens with zero attached hydrogens (tertiary/aromatic N) is 3. The van der Waals surface area contributed by atoms with Crippen LogP contribution in [0.15, 0.2) is 0 Å². The molecule has 1 atom stereocenters. The van der Waals surface area contributed by atoms with Crippen LogP contribution in [-0.2, 0) is 4.79 Å². The molecule has 1 amide bonds. The third kappa shape index (κ3) is 6.22. The predicted molar refractivity (Wildman–Crippen MR) is 71.9 cm³/mol. The van der Waals surface area contributed by atoms with Crippen LogP contribution in [0.4, 0.5) is 0 Å². The van der Waals surface area contributed by atoms with Crippen LogP contribution in [0.25, 0.3) is 0 Å². The van der Waals surface area contributed by atoms with Gasteiger partial charge in [-0.1, -0.05) is 0 Å². The van der Waals surface area contributed by atoms with Gasteiger partial charge in [0.25, 0.3) is 0 Å². The van der Waals surface area contributed by atoms with Crippen LogP contribution in [0, 0.1) is 28.6 Å². The van der Waals surface area contributed by atoms with Crippen molar-refractivity contribution in [1.82, 2.24) is 10.2 Å².